The Morgan fingerprint density at radius 3 is 2.74 bits per heavy atom. The Balaban J connectivity index is 1.80. The summed E-state index contributed by atoms with van der Waals surface area (Å²) in [4.78, 5) is 16.1. The molecule has 23 heavy (non-hydrogen) atoms. The molecule has 0 fully saturated rings. The molecule has 0 radical (unpaired) electrons. The third-order valence-corrected chi connectivity index (χ3v) is 3.44. The van der Waals surface area contributed by atoms with Crippen molar-refractivity contribution in [3.05, 3.63) is 42.5 Å². The Bertz CT molecular complexity index is 581. The van der Waals surface area contributed by atoms with Crippen LogP contribution in [-0.4, -0.2) is 33.3 Å². The molecule has 1 aromatic carbocycles. The van der Waals surface area contributed by atoms with Gasteiger partial charge < -0.3 is 10.1 Å². The molecule has 0 saturated heterocycles. The molecule has 1 atom stereocenters. The van der Waals surface area contributed by atoms with Crippen LogP contribution in [0.1, 0.15) is 43.5 Å². The second-order valence-corrected chi connectivity index (χ2v) is 5.57. The van der Waals surface area contributed by atoms with E-state index in [1.807, 2.05) is 19.1 Å². The number of carbonyl (C=O) groups is 1. The topological polar surface area (TPSA) is 69.0 Å². The van der Waals surface area contributed by atoms with Gasteiger partial charge in [-0.05, 0) is 37.6 Å². The third kappa shape index (κ3) is 5.73. The predicted molar refractivity (Wildman–Crippen MR) is 88.4 cm³/mol. The lowest BCUT2D eigenvalue weighted by Crippen LogP contribution is -2.35. The quantitative estimate of drug-likeness (QED) is 0.722. The molecule has 0 bridgehead atoms. The van der Waals surface area contributed by atoms with E-state index in [4.69, 9.17) is 4.74 Å². The van der Waals surface area contributed by atoms with E-state index < -0.39 is 0 Å². The van der Waals surface area contributed by atoms with Crippen molar-refractivity contribution in [1.82, 2.24) is 20.1 Å². The number of unbranched alkanes of at least 4 members (excludes halogenated alkanes) is 2. The predicted octanol–water partition coefficient (Wildman–Crippen LogP) is 2.67. The van der Waals surface area contributed by atoms with Gasteiger partial charge in [-0.1, -0.05) is 19.8 Å². The van der Waals surface area contributed by atoms with Gasteiger partial charge in [0.15, 0.2) is 0 Å². The van der Waals surface area contributed by atoms with E-state index in [1.165, 1.54) is 19.2 Å². The first-order valence-electron chi connectivity index (χ1n) is 8.05. The zero-order valence-electron chi connectivity index (χ0n) is 13.7. The first-order chi connectivity index (χ1) is 11.2. The number of benzene rings is 1. The molecule has 0 spiro atoms. The van der Waals surface area contributed by atoms with E-state index >= 15 is 0 Å². The number of carbonyl (C=O) groups excluding carboxylic acids is 1. The number of nitrogens with one attached hydrogen (secondary N) is 1. The van der Waals surface area contributed by atoms with E-state index in [1.54, 1.807) is 23.1 Å². The molecule has 124 valence electrons. The van der Waals surface area contributed by atoms with Gasteiger partial charge in [0.25, 0.3) is 5.91 Å². The SMILES string of the molecule is CCCCCOc1ccc(C(=O)NC(C)Cn2cncn2)cc1. The first kappa shape index (κ1) is 17.0. The van der Waals surface area contributed by atoms with Crippen LogP contribution in [0.25, 0.3) is 0 Å². The molecule has 1 unspecified atom stereocenters. The number of rotatable bonds is 9. The summed E-state index contributed by atoms with van der Waals surface area (Å²) in [6, 6.07) is 7.21. The van der Waals surface area contributed by atoms with Crippen molar-refractivity contribution in [2.24, 2.45) is 0 Å². The number of ether oxygens (including phenoxy) is 1. The highest BCUT2D eigenvalue weighted by atomic mass is 16.5. The van der Waals surface area contributed by atoms with Crippen molar-refractivity contribution < 1.29 is 9.53 Å². The Hall–Kier alpha value is -2.37. The van der Waals surface area contributed by atoms with Gasteiger partial charge in [-0.2, -0.15) is 5.10 Å². The molecular weight excluding hydrogens is 292 g/mol. The monoisotopic (exact) mass is 316 g/mol. The Labute approximate surface area is 136 Å². The third-order valence-electron chi connectivity index (χ3n) is 3.44. The minimum atomic E-state index is -0.102. The number of amides is 1. The lowest BCUT2D eigenvalue weighted by Gasteiger charge is -2.14. The Kier molecular flexibility index (Phi) is 6.59. The van der Waals surface area contributed by atoms with Crippen LogP contribution in [0.15, 0.2) is 36.9 Å². The minimum Gasteiger partial charge on any atom is -0.494 e. The maximum Gasteiger partial charge on any atom is 0.251 e. The maximum atomic E-state index is 12.2. The van der Waals surface area contributed by atoms with E-state index in [-0.39, 0.29) is 11.9 Å². The summed E-state index contributed by atoms with van der Waals surface area (Å²) >= 11 is 0. The molecule has 1 heterocycles. The van der Waals surface area contributed by atoms with Gasteiger partial charge in [0.05, 0.1) is 13.2 Å². The average molecular weight is 316 g/mol. The molecule has 0 aliphatic rings. The summed E-state index contributed by atoms with van der Waals surface area (Å²) in [5, 5.41) is 6.97. The highest BCUT2D eigenvalue weighted by Crippen LogP contribution is 2.13. The summed E-state index contributed by atoms with van der Waals surface area (Å²) in [5.41, 5.74) is 0.622. The minimum absolute atomic E-state index is 0.0332. The number of nitrogens with zero attached hydrogens (tertiary/aromatic N) is 3. The first-order valence-corrected chi connectivity index (χ1v) is 8.05. The number of hydrogen-bond donors (Lipinski definition) is 1. The zero-order valence-corrected chi connectivity index (χ0v) is 13.7. The zero-order chi connectivity index (χ0) is 16.5. The fourth-order valence-electron chi connectivity index (χ4n) is 2.20. The van der Waals surface area contributed by atoms with Gasteiger partial charge in [-0.25, -0.2) is 4.98 Å². The van der Waals surface area contributed by atoms with Crippen LogP contribution < -0.4 is 10.1 Å². The number of aromatic nitrogens is 3. The molecule has 2 aromatic rings. The molecular formula is C17H24N4O2. The van der Waals surface area contributed by atoms with Gasteiger partial charge in [0, 0.05) is 11.6 Å². The van der Waals surface area contributed by atoms with Crippen molar-refractivity contribution in [3.8, 4) is 5.75 Å². The summed E-state index contributed by atoms with van der Waals surface area (Å²) in [6.07, 6.45) is 6.51. The molecule has 6 heteroatoms. The molecule has 1 aromatic heterocycles. The second kappa shape index (κ2) is 8.92. The fourth-order valence-corrected chi connectivity index (χ4v) is 2.20. The molecule has 0 aliphatic heterocycles. The smallest absolute Gasteiger partial charge is 0.251 e. The van der Waals surface area contributed by atoms with Gasteiger partial charge in [0.2, 0.25) is 0 Å². The molecule has 1 amide bonds. The molecule has 0 saturated carbocycles. The lowest BCUT2D eigenvalue weighted by molar-refractivity contribution is 0.0936. The molecule has 6 nitrogen and oxygen atoms in total. The van der Waals surface area contributed by atoms with Crippen molar-refractivity contribution in [2.45, 2.75) is 45.7 Å². The van der Waals surface area contributed by atoms with Crippen LogP contribution in [0.4, 0.5) is 0 Å². The van der Waals surface area contributed by atoms with Crippen molar-refractivity contribution in [1.29, 1.82) is 0 Å². The van der Waals surface area contributed by atoms with Crippen LogP contribution in [0.3, 0.4) is 0 Å². The second-order valence-electron chi connectivity index (χ2n) is 5.57. The van der Waals surface area contributed by atoms with Gasteiger partial charge in [0.1, 0.15) is 18.4 Å². The van der Waals surface area contributed by atoms with E-state index in [2.05, 4.69) is 22.3 Å². The van der Waals surface area contributed by atoms with E-state index in [0.717, 1.165) is 12.2 Å². The fraction of sp³-hybridized carbons (Fsp3) is 0.471. The van der Waals surface area contributed by atoms with Crippen LogP contribution in [-0.2, 0) is 6.54 Å². The summed E-state index contributed by atoms with van der Waals surface area (Å²) < 4.78 is 7.34. The average Bonchev–Trinajstić information content (AvgIpc) is 3.05. The van der Waals surface area contributed by atoms with E-state index in [9.17, 15) is 4.79 Å². The van der Waals surface area contributed by atoms with E-state index in [0.29, 0.717) is 18.7 Å². The van der Waals surface area contributed by atoms with Crippen molar-refractivity contribution in [2.75, 3.05) is 6.61 Å². The summed E-state index contributed by atoms with van der Waals surface area (Å²) in [5.74, 6) is 0.698. The largest absolute Gasteiger partial charge is 0.494 e. The maximum absolute atomic E-state index is 12.2. The normalized spacial score (nSPS) is 11.9. The van der Waals surface area contributed by atoms with Crippen molar-refractivity contribution >= 4 is 5.91 Å². The van der Waals surface area contributed by atoms with Gasteiger partial charge in [-0.15, -0.1) is 0 Å². The van der Waals surface area contributed by atoms with Crippen LogP contribution in [0, 0.1) is 0 Å². The molecule has 2 rings (SSSR count). The van der Waals surface area contributed by atoms with Crippen LogP contribution >= 0.6 is 0 Å². The van der Waals surface area contributed by atoms with Gasteiger partial charge in [-0.3, -0.25) is 9.48 Å². The molecule has 0 aliphatic carbocycles. The Morgan fingerprint density at radius 2 is 2.09 bits per heavy atom. The highest BCUT2D eigenvalue weighted by Gasteiger charge is 2.10. The highest BCUT2D eigenvalue weighted by molar-refractivity contribution is 5.94. The summed E-state index contributed by atoms with van der Waals surface area (Å²) in [6.45, 7) is 5.40. The number of hydrogen-bond acceptors (Lipinski definition) is 4. The van der Waals surface area contributed by atoms with Crippen LogP contribution in [0.2, 0.25) is 0 Å². The Morgan fingerprint density at radius 1 is 1.30 bits per heavy atom. The molecule has 1 N–H and O–H groups in total. The summed E-state index contributed by atoms with van der Waals surface area (Å²) in [7, 11) is 0. The van der Waals surface area contributed by atoms with Crippen molar-refractivity contribution in [3.63, 3.8) is 0 Å². The van der Waals surface area contributed by atoms with Crippen LogP contribution in [0.5, 0.6) is 5.75 Å². The standard InChI is InChI=1S/C17H24N4O2/c1-3-4-5-10-23-16-8-6-15(7-9-16)17(22)20-14(2)11-21-13-18-12-19-21/h6-9,12-14H,3-5,10-11H2,1-2H3,(H,20,22). The lowest BCUT2D eigenvalue weighted by atomic mass is 10.2. The van der Waals surface area contributed by atoms with Gasteiger partial charge >= 0.3 is 0 Å².